The molecule has 4 heteroatoms. The van der Waals surface area contributed by atoms with Crippen LogP contribution in [0.1, 0.15) is 25.0 Å². The largest absolute Gasteiger partial charge is 0.481 e. The van der Waals surface area contributed by atoms with Crippen LogP contribution >= 0.6 is 0 Å². The van der Waals surface area contributed by atoms with Crippen molar-refractivity contribution in [1.82, 2.24) is 5.48 Å². The van der Waals surface area contributed by atoms with Crippen LogP contribution in [0.5, 0.6) is 5.75 Å². The number of ether oxygens (including phenoxy) is 1. The summed E-state index contributed by atoms with van der Waals surface area (Å²) in [5.74, 6) is 0.442. The Morgan fingerprint density at radius 1 is 1.41 bits per heavy atom. The number of carbonyl (C=O) groups is 1. The Bertz CT molecular complexity index is 390. The third-order valence-corrected chi connectivity index (χ3v) is 2.54. The molecule has 0 aromatic heterocycles. The number of hydrogen-bond acceptors (Lipinski definition) is 3. The van der Waals surface area contributed by atoms with E-state index in [1.165, 1.54) is 0 Å². The average Bonchev–Trinajstić information content (AvgIpc) is 2.31. The highest BCUT2D eigenvalue weighted by Crippen LogP contribution is 2.21. The summed E-state index contributed by atoms with van der Waals surface area (Å²) in [6.45, 7) is 7.90. The van der Waals surface area contributed by atoms with Crippen molar-refractivity contribution < 1.29 is 14.4 Å². The highest BCUT2D eigenvalue weighted by atomic mass is 16.7. The Morgan fingerprint density at radius 3 is 2.76 bits per heavy atom. The average molecular weight is 237 g/mol. The summed E-state index contributed by atoms with van der Waals surface area (Å²) in [4.78, 5) is 16.4. The van der Waals surface area contributed by atoms with Gasteiger partial charge in [0.2, 0.25) is 0 Å². The minimum atomic E-state index is -0.581. The second kappa shape index (κ2) is 6.25. The Labute approximate surface area is 102 Å². The lowest BCUT2D eigenvalue weighted by Crippen LogP contribution is -2.36. The molecule has 1 rings (SSSR count). The molecule has 1 amide bonds. The SMILES string of the molecule is CCONC(=O)C(C)Oc1cccc(C)c1C. The highest BCUT2D eigenvalue weighted by molar-refractivity contribution is 5.79. The smallest absolute Gasteiger partial charge is 0.284 e. The lowest BCUT2D eigenvalue weighted by Gasteiger charge is -2.16. The molecule has 1 aromatic carbocycles. The standard InChI is InChI=1S/C13H19NO3/c1-5-16-14-13(15)11(4)17-12-8-6-7-9(2)10(12)3/h6-8,11H,5H2,1-4H3,(H,14,15). The lowest BCUT2D eigenvalue weighted by molar-refractivity contribution is -0.139. The summed E-state index contributed by atoms with van der Waals surface area (Å²) in [6.07, 6.45) is -0.581. The number of hydroxylamine groups is 1. The van der Waals surface area contributed by atoms with Gasteiger partial charge in [-0.2, -0.15) is 0 Å². The maximum Gasteiger partial charge on any atom is 0.284 e. The van der Waals surface area contributed by atoms with E-state index in [0.717, 1.165) is 16.9 Å². The molecule has 1 N–H and O–H groups in total. The van der Waals surface area contributed by atoms with Gasteiger partial charge in [0, 0.05) is 0 Å². The molecule has 0 heterocycles. The quantitative estimate of drug-likeness (QED) is 0.798. The van der Waals surface area contributed by atoms with E-state index in [2.05, 4.69) is 5.48 Å². The Balaban J connectivity index is 2.64. The van der Waals surface area contributed by atoms with E-state index >= 15 is 0 Å². The summed E-state index contributed by atoms with van der Waals surface area (Å²) in [5, 5.41) is 0. The molecule has 0 aliphatic carbocycles. The number of nitrogens with one attached hydrogen (secondary N) is 1. The summed E-state index contributed by atoms with van der Waals surface area (Å²) in [6, 6.07) is 5.77. The van der Waals surface area contributed by atoms with Crippen LogP contribution in [0.15, 0.2) is 18.2 Å². The molecule has 4 nitrogen and oxygen atoms in total. The normalized spacial score (nSPS) is 12.0. The minimum Gasteiger partial charge on any atom is -0.481 e. The van der Waals surface area contributed by atoms with Crippen LogP contribution in [0.3, 0.4) is 0 Å². The van der Waals surface area contributed by atoms with Crippen molar-refractivity contribution in [1.29, 1.82) is 0 Å². The van der Waals surface area contributed by atoms with Gasteiger partial charge in [0.05, 0.1) is 6.61 Å². The molecule has 0 bridgehead atoms. The third kappa shape index (κ3) is 3.75. The van der Waals surface area contributed by atoms with Gasteiger partial charge in [-0.05, 0) is 44.9 Å². The van der Waals surface area contributed by atoms with Crippen molar-refractivity contribution >= 4 is 5.91 Å². The van der Waals surface area contributed by atoms with E-state index in [0.29, 0.717) is 6.61 Å². The lowest BCUT2D eigenvalue weighted by atomic mass is 10.1. The summed E-state index contributed by atoms with van der Waals surface area (Å²) in [7, 11) is 0. The molecule has 0 saturated carbocycles. The number of aryl methyl sites for hydroxylation is 1. The Kier molecular flexibility index (Phi) is 4.97. The maximum absolute atomic E-state index is 11.5. The van der Waals surface area contributed by atoms with Gasteiger partial charge >= 0.3 is 0 Å². The zero-order valence-corrected chi connectivity index (χ0v) is 10.7. The van der Waals surface area contributed by atoms with E-state index in [1.54, 1.807) is 13.8 Å². The topological polar surface area (TPSA) is 47.6 Å². The highest BCUT2D eigenvalue weighted by Gasteiger charge is 2.15. The molecular weight excluding hydrogens is 218 g/mol. The number of benzene rings is 1. The molecule has 0 aliphatic rings. The zero-order chi connectivity index (χ0) is 12.8. The van der Waals surface area contributed by atoms with Crippen LogP contribution in [0, 0.1) is 13.8 Å². The van der Waals surface area contributed by atoms with Gasteiger partial charge in [0.1, 0.15) is 5.75 Å². The van der Waals surface area contributed by atoms with Crippen molar-refractivity contribution in [2.75, 3.05) is 6.61 Å². The fraction of sp³-hybridized carbons (Fsp3) is 0.462. The first-order valence-electron chi connectivity index (χ1n) is 5.70. The van der Waals surface area contributed by atoms with Gasteiger partial charge in [0.15, 0.2) is 6.10 Å². The monoisotopic (exact) mass is 237 g/mol. The van der Waals surface area contributed by atoms with Crippen LogP contribution in [0.25, 0.3) is 0 Å². The molecule has 1 atom stereocenters. The van der Waals surface area contributed by atoms with Crippen molar-refractivity contribution in [3.63, 3.8) is 0 Å². The van der Waals surface area contributed by atoms with E-state index in [4.69, 9.17) is 9.57 Å². The van der Waals surface area contributed by atoms with Gasteiger partial charge in [-0.3, -0.25) is 9.63 Å². The summed E-state index contributed by atoms with van der Waals surface area (Å²) >= 11 is 0. The second-order valence-electron chi connectivity index (χ2n) is 3.86. The molecular formula is C13H19NO3. The van der Waals surface area contributed by atoms with Crippen LogP contribution in [-0.2, 0) is 9.63 Å². The summed E-state index contributed by atoms with van der Waals surface area (Å²) < 4.78 is 5.59. The molecule has 1 aromatic rings. The molecule has 94 valence electrons. The van der Waals surface area contributed by atoms with Crippen molar-refractivity contribution in [2.24, 2.45) is 0 Å². The Morgan fingerprint density at radius 2 is 2.12 bits per heavy atom. The van der Waals surface area contributed by atoms with Crippen LogP contribution in [0.4, 0.5) is 0 Å². The van der Waals surface area contributed by atoms with E-state index in [1.807, 2.05) is 32.0 Å². The van der Waals surface area contributed by atoms with E-state index in [-0.39, 0.29) is 5.91 Å². The van der Waals surface area contributed by atoms with E-state index in [9.17, 15) is 4.79 Å². The third-order valence-electron chi connectivity index (χ3n) is 2.54. The predicted molar refractivity (Wildman–Crippen MR) is 65.8 cm³/mol. The molecule has 1 unspecified atom stereocenters. The van der Waals surface area contributed by atoms with Crippen LogP contribution in [-0.4, -0.2) is 18.6 Å². The van der Waals surface area contributed by atoms with Gasteiger partial charge in [-0.1, -0.05) is 12.1 Å². The molecule has 0 spiro atoms. The molecule has 0 saturated heterocycles. The van der Waals surface area contributed by atoms with Gasteiger partial charge in [-0.15, -0.1) is 0 Å². The van der Waals surface area contributed by atoms with Crippen LogP contribution < -0.4 is 10.2 Å². The number of hydrogen-bond donors (Lipinski definition) is 1. The number of carbonyl (C=O) groups excluding carboxylic acids is 1. The van der Waals surface area contributed by atoms with E-state index < -0.39 is 6.10 Å². The maximum atomic E-state index is 11.5. The molecule has 0 aliphatic heterocycles. The number of rotatable bonds is 5. The van der Waals surface area contributed by atoms with Gasteiger partial charge in [-0.25, -0.2) is 5.48 Å². The molecule has 17 heavy (non-hydrogen) atoms. The van der Waals surface area contributed by atoms with Gasteiger partial charge < -0.3 is 4.74 Å². The van der Waals surface area contributed by atoms with Crippen molar-refractivity contribution in [3.05, 3.63) is 29.3 Å². The fourth-order valence-corrected chi connectivity index (χ4v) is 1.32. The van der Waals surface area contributed by atoms with Crippen molar-refractivity contribution in [2.45, 2.75) is 33.8 Å². The van der Waals surface area contributed by atoms with Crippen molar-refractivity contribution in [3.8, 4) is 5.75 Å². The molecule has 0 radical (unpaired) electrons. The summed E-state index contributed by atoms with van der Waals surface area (Å²) in [5.41, 5.74) is 4.51. The fourth-order valence-electron chi connectivity index (χ4n) is 1.32. The second-order valence-corrected chi connectivity index (χ2v) is 3.86. The number of amides is 1. The predicted octanol–water partition coefficient (Wildman–Crippen LogP) is 2.14. The van der Waals surface area contributed by atoms with Gasteiger partial charge in [0.25, 0.3) is 5.91 Å². The Hall–Kier alpha value is -1.55. The first kappa shape index (κ1) is 13.5. The molecule has 0 fully saturated rings. The van der Waals surface area contributed by atoms with Crippen LogP contribution in [0.2, 0.25) is 0 Å². The minimum absolute atomic E-state index is 0.284. The first-order chi connectivity index (χ1) is 8.06. The first-order valence-corrected chi connectivity index (χ1v) is 5.70. The zero-order valence-electron chi connectivity index (χ0n) is 10.7.